The summed E-state index contributed by atoms with van der Waals surface area (Å²) in [6.07, 6.45) is 1.13. The van der Waals surface area contributed by atoms with Gasteiger partial charge in [-0.15, -0.1) is 0 Å². The van der Waals surface area contributed by atoms with Gasteiger partial charge in [-0.05, 0) is 47.0 Å². The summed E-state index contributed by atoms with van der Waals surface area (Å²) < 4.78 is 26.8. The van der Waals surface area contributed by atoms with Gasteiger partial charge in [-0.3, -0.25) is 4.79 Å². The molecular formula is C12H15BrN2O5S. The van der Waals surface area contributed by atoms with Gasteiger partial charge < -0.3 is 10.8 Å². The van der Waals surface area contributed by atoms with Crippen molar-refractivity contribution in [1.29, 1.82) is 0 Å². The Bertz CT molecular complexity index is 645. The first kappa shape index (κ1) is 17.6. The number of unbranched alkanes of at least 4 members (excludes halogenated alkanes) is 1. The average Bonchev–Trinajstić information content (AvgIpc) is 2.37. The molecule has 0 radical (unpaired) electrons. The summed E-state index contributed by atoms with van der Waals surface area (Å²) in [6, 6.07) is 3.75. The molecule has 116 valence electrons. The Kier molecular flexibility index (Phi) is 6.31. The standard InChI is InChI=1S/C12H15BrN2O5S/c13-9-5-4-8(12(17)18)7-10(9)21(19,20)15-6-2-1-3-11(14)16/h4-5,7,15H,1-3,6H2,(H2,14,16)(H,17,18). The SMILES string of the molecule is NC(=O)CCCCNS(=O)(=O)c1cc(C(=O)O)ccc1Br. The third-order valence-corrected chi connectivity index (χ3v) is 5.06. The molecule has 0 atom stereocenters. The second kappa shape index (κ2) is 7.53. The number of hydrogen-bond acceptors (Lipinski definition) is 4. The summed E-state index contributed by atoms with van der Waals surface area (Å²) in [6.45, 7) is 0.138. The predicted octanol–water partition coefficient (Wildman–Crippen LogP) is 1.08. The molecule has 0 unspecified atom stereocenters. The molecule has 0 fully saturated rings. The zero-order valence-corrected chi connectivity index (χ0v) is 13.4. The molecule has 0 heterocycles. The Morgan fingerprint density at radius 2 is 1.95 bits per heavy atom. The Balaban J connectivity index is 2.76. The number of aromatic carboxylic acids is 1. The topological polar surface area (TPSA) is 127 Å². The summed E-state index contributed by atoms with van der Waals surface area (Å²) in [7, 11) is -3.82. The van der Waals surface area contributed by atoms with Crippen LogP contribution < -0.4 is 10.5 Å². The molecule has 7 nitrogen and oxygen atoms in total. The lowest BCUT2D eigenvalue weighted by Crippen LogP contribution is -2.25. The third-order valence-electron chi connectivity index (χ3n) is 2.61. The van der Waals surface area contributed by atoms with Gasteiger partial charge in [0.2, 0.25) is 15.9 Å². The van der Waals surface area contributed by atoms with Crippen LogP contribution in [-0.4, -0.2) is 31.9 Å². The molecule has 1 amide bonds. The maximum absolute atomic E-state index is 12.1. The van der Waals surface area contributed by atoms with Gasteiger partial charge in [0.05, 0.1) is 10.5 Å². The molecule has 0 aromatic heterocycles. The van der Waals surface area contributed by atoms with Gasteiger partial charge in [0.15, 0.2) is 0 Å². The van der Waals surface area contributed by atoms with Crippen LogP contribution in [-0.2, 0) is 14.8 Å². The minimum Gasteiger partial charge on any atom is -0.478 e. The largest absolute Gasteiger partial charge is 0.478 e. The normalized spacial score (nSPS) is 11.3. The fourth-order valence-corrected chi connectivity index (χ4v) is 3.61. The van der Waals surface area contributed by atoms with E-state index in [4.69, 9.17) is 10.8 Å². The number of amides is 1. The number of primary amides is 1. The van der Waals surface area contributed by atoms with Gasteiger partial charge >= 0.3 is 5.97 Å². The van der Waals surface area contributed by atoms with Crippen molar-refractivity contribution in [3.63, 3.8) is 0 Å². The number of carboxylic acids is 1. The molecule has 0 aliphatic carbocycles. The molecule has 4 N–H and O–H groups in total. The summed E-state index contributed by atoms with van der Waals surface area (Å²) in [4.78, 5) is 21.3. The first-order valence-electron chi connectivity index (χ1n) is 6.05. The van der Waals surface area contributed by atoms with Crippen LogP contribution in [0.25, 0.3) is 0 Å². The molecule has 0 spiro atoms. The highest BCUT2D eigenvalue weighted by Gasteiger charge is 2.19. The van der Waals surface area contributed by atoms with Crippen molar-refractivity contribution in [3.05, 3.63) is 28.2 Å². The van der Waals surface area contributed by atoms with E-state index in [0.717, 1.165) is 6.07 Å². The number of benzene rings is 1. The lowest BCUT2D eigenvalue weighted by atomic mass is 10.2. The van der Waals surface area contributed by atoms with Crippen molar-refractivity contribution in [2.24, 2.45) is 5.73 Å². The second-order valence-corrected chi connectivity index (χ2v) is 6.86. The quantitative estimate of drug-likeness (QED) is 0.583. The van der Waals surface area contributed by atoms with Crippen molar-refractivity contribution in [2.75, 3.05) is 6.54 Å². The summed E-state index contributed by atoms with van der Waals surface area (Å²) in [5.41, 5.74) is 4.86. The smallest absolute Gasteiger partial charge is 0.335 e. The molecule has 0 bridgehead atoms. The highest BCUT2D eigenvalue weighted by atomic mass is 79.9. The number of rotatable bonds is 8. The molecule has 0 saturated heterocycles. The van der Waals surface area contributed by atoms with Crippen LogP contribution >= 0.6 is 15.9 Å². The van der Waals surface area contributed by atoms with E-state index in [-0.39, 0.29) is 27.9 Å². The molecule has 0 aliphatic heterocycles. The molecule has 0 aliphatic rings. The van der Waals surface area contributed by atoms with Crippen LogP contribution in [0.3, 0.4) is 0 Å². The van der Waals surface area contributed by atoms with Crippen LogP contribution in [0.1, 0.15) is 29.6 Å². The van der Waals surface area contributed by atoms with E-state index in [1.807, 2.05) is 0 Å². The number of halogens is 1. The Labute approximate surface area is 130 Å². The lowest BCUT2D eigenvalue weighted by Gasteiger charge is -2.09. The number of carboxylic acid groups (broad SMARTS) is 1. The third kappa shape index (κ3) is 5.44. The summed E-state index contributed by atoms with van der Waals surface area (Å²) in [5, 5.41) is 8.89. The first-order chi connectivity index (χ1) is 9.74. The fourth-order valence-electron chi connectivity index (χ4n) is 1.55. The molecule has 1 aromatic carbocycles. The van der Waals surface area contributed by atoms with Gasteiger partial charge in [0.1, 0.15) is 0 Å². The minimum absolute atomic E-state index is 0.118. The Morgan fingerprint density at radius 1 is 1.29 bits per heavy atom. The first-order valence-corrected chi connectivity index (χ1v) is 8.32. The number of carbonyl (C=O) groups is 2. The zero-order valence-electron chi connectivity index (χ0n) is 11.0. The fraction of sp³-hybridized carbons (Fsp3) is 0.333. The zero-order chi connectivity index (χ0) is 16.0. The summed E-state index contributed by atoms with van der Waals surface area (Å²) >= 11 is 3.08. The second-order valence-electron chi connectivity index (χ2n) is 4.27. The van der Waals surface area contributed by atoms with Crippen LogP contribution in [0.2, 0.25) is 0 Å². The molecule has 1 rings (SSSR count). The number of carbonyl (C=O) groups excluding carboxylic acids is 1. The number of hydrogen-bond donors (Lipinski definition) is 3. The van der Waals surface area contributed by atoms with Crippen molar-refractivity contribution in [2.45, 2.75) is 24.2 Å². The van der Waals surface area contributed by atoms with Crippen molar-refractivity contribution in [3.8, 4) is 0 Å². The van der Waals surface area contributed by atoms with Gasteiger partial charge in [-0.2, -0.15) is 0 Å². The highest BCUT2D eigenvalue weighted by molar-refractivity contribution is 9.10. The van der Waals surface area contributed by atoms with Crippen LogP contribution in [0.4, 0.5) is 0 Å². The maximum atomic E-state index is 12.1. The lowest BCUT2D eigenvalue weighted by molar-refractivity contribution is -0.118. The van der Waals surface area contributed by atoms with Crippen molar-refractivity contribution >= 4 is 37.8 Å². The Morgan fingerprint density at radius 3 is 2.52 bits per heavy atom. The van der Waals surface area contributed by atoms with E-state index in [9.17, 15) is 18.0 Å². The van der Waals surface area contributed by atoms with Gasteiger partial charge in [-0.25, -0.2) is 17.9 Å². The molecule has 0 saturated carbocycles. The van der Waals surface area contributed by atoms with E-state index < -0.39 is 21.9 Å². The number of sulfonamides is 1. The predicted molar refractivity (Wildman–Crippen MR) is 79.3 cm³/mol. The van der Waals surface area contributed by atoms with E-state index in [1.165, 1.54) is 12.1 Å². The van der Waals surface area contributed by atoms with Crippen LogP contribution in [0, 0.1) is 0 Å². The highest BCUT2D eigenvalue weighted by Crippen LogP contribution is 2.23. The van der Waals surface area contributed by atoms with Crippen molar-refractivity contribution < 1.29 is 23.1 Å². The van der Waals surface area contributed by atoms with E-state index in [0.29, 0.717) is 12.8 Å². The van der Waals surface area contributed by atoms with Crippen LogP contribution in [0.15, 0.2) is 27.6 Å². The molecule has 21 heavy (non-hydrogen) atoms. The number of nitrogens with one attached hydrogen (secondary N) is 1. The Hall–Kier alpha value is -1.45. The van der Waals surface area contributed by atoms with E-state index in [2.05, 4.69) is 20.7 Å². The monoisotopic (exact) mass is 378 g/mol. The van der Waals surface area contributed by atoms with Gasteiger partial charge in [-0.1, -0.05) is 0 Å². The summed E-state index contributed by atoms with van der Waals surface area (Å²) in [5.74, 6) is -1.64. The molecule has 9 heteroatoms. The number of nitrogens with two attached hydrogens (primary N) is 1. The van der Waals surface area contributed by atoms with Crippen LogP contribution in [0.5, 0.6) is 0 Å². The van der Waals surface area contributed by atoms with E-state index >= 15 is 0 Å². The molecular weight excluding hydrogens is 364 g/mol. The minimum atomic E-state index is -3.82. The van der Waals surface area contributed by atoms with Gasteiger partial charge in [0, 0.05) is 17.4 Å². The van der Waals surface area contributed by atoms with E-state index in [1.54, 1.807) is 0 Å². The van der Waals surface area contributed by atoms with Gasteiger partial charge in [0.25, 0.3) is 0 Å². The maximum Gasteiger partial charge on any atom is 0.335 e. The average molecular weight is 379 g/mol. The van der Waals surface area contributed by atoms with Crippen molar-refractivity contribution in [1.82, 2.24) is 4.72 Å². The molecule has 1 aromatic rings.